The Morgan fingerprint density at radius 2 is 2.00 bits per heavy atom. The van der Waals surface area contributed by atoms with E-state index in [-0.39, 0.29) is 5.78 Å². The Balaban J connectivity index is 2.48. The highest BCUT2D eigenvalue weighted by Crippen LogP contribution is 2.28. The van der Waals surface area contributed by atoms with E-state index < -0.39 is 0 Å². The fourth-order valence-corrected chi connectivity index (χ4v) is 2.23. The molecule has 92 valence electrons. The van der Waals surface area contributed by atoms with Crippen LogP contribution in [-0.4, -0.2) is 5.78 Å². The number of nitrogens with two attached hydrogens (primary N) is 1. The number of nitrogen functional groups attached to an aromatic ring is 1. The maximum atomic E-state index is 12.3. The normalized spacial score (nSPS) is 10.4. The Labute approximate surface area is 119 Å². The van der Waals surface area contributed by atoms with Gasteiger partial charge in [0, 0.05) is 21.3 Å². The molecule has 2 N–H and O–H groups in total. The highest BCUT2D eigenvalue weighted by atomic mass is 79.9. The SMILES string of the molecule is Cc1cc(C(=O)c2cccc(Br)c2Cl)ccc1N. The lowest BCUT2D eigenvalue weighted by Crippen LogP contribution is -2.03. The Morgan fingerprint density at radius 1 is 1.28 bits per heavy atom. The molecule has 0 aliphatic heterocycles. The summed E-state index contributed by atoms with van der Waals surface area (Å²) in [5.74, 6) is -0.107. The molecule has 0 amide bonds. The molecule has 0 bridgehead atoms. The summed E-state index contributed by atoms with van der Waals surface area (Å²) in [6.45, 7) is 1.87. The minimum Gasteiger partial charge on any atom is -0.399 e. The van der Waals surface area contributed by atoms with Gasteiger partial charge in [0.05, 0.1) is 5.02 Å². The van der Waals surface area contributed by atoms with Gasteiger partial charge in [0.25, 0.3) is 0 Å². The van der Waals surface area contributed by atoms with E-state index in [1.54, 1.807) is 36.4 Å². The fraction of sp³-hybridized carbons (Fsp3) is 0.0714. The zero-order valence-electron chi connectivity index (χ0n) is 9.71. The fourth-order valence-electron chi connectivity index (χ4n) is 1.65. The van der Waals surface area contributed by atoms with Crippen molar-refractivity contribution in [3.63, 3.8) is 0 Å². The quantitative estimate of drug-likeness (QED) is 0.664. The first kappa shape index (κ1) is 13.1. The number of rotatable bonds is 2. The van der Waals surface area contributed by atoms with E-state index in [4.69, 9.17) is 17.3 Å². The molecular weight excluding hydrogens is 314 g/mol. The summed E-state index contributed by atoms with van der Waals surface area (Å²) in [5.41, 5.74) is 8.36. The third-order valence-electron chi connectivity index (χ3n) is 2.73. The topological polar surface area (TPSA) is 43.1 Å². The molecule has 0 saturated carbocycles. The molecule has 2 nitrogen and oxygen atoms in total. The summed E-state index contributed by atoms with van der Waals surface area (Å²) in [6.07, 6.45) is 0. The van der Waals surface area contributed by atoms with Crippen LogP contribution in [0.1, 0.15) is 21.5 Å². The molecule has 0 aliphatic rings. The molecule has 0 unspecified atom stereocenters. The van der Waals surface area contributed by atoms with Gasteiger partial charge in [-0.2, -0.15) is 0 Å². The summed E-state index contributed by atoms with van der Waals surface area (Å²) >= 11 is 9.43. The number of carbonyl (C=O) groups excluding carboxylic acids is 1. The van der Waals surface area contributed by atoms with Crippen molar-refractivity contribution in [2.45, 2.75) is 6.92 Å². The highest BCUT2D eigenvalue weighted by molar-refractivity contribution is 9.10. The lowest BCUT2D eigenvalue weighted by molar-refractivity contribution is 0.103. The van der Waals surface area contributed by atoms with E-state index >= 15 is 0 Å². The first-order valence-electron chi connectivity index (χ1n) is 5.35. The molecule has 2 aromatic carbocycles. The van der Waals surface area contributed by atoms with Crippen molar-refractivity contribution >= 4 is 39.0 Å². The third-order valence-corrected chi connectivity index (χ3v) is 4.02. The lowest BCUT2D eigenvalue weighted by Gasteiger charge is -2.07. The number of carbonyl (C=O) groups is 1. The van der Waals surface area contributed by atoms with Crippen LogP contribution in [0.2, 0.25) is 5.02 Å². The van der Waals surface area contributed by atoms with Gasteiger partial charge in [-0.3, -0.25) is 4.79 Å². The van der Waals surface area contributed by atoms with Crippen molar-refractivity contribution < 1.29 is 4.79 Å². The van der Waals surface area contributed by atoms with E-state index in [0.717, 1.165) is 5.56 Å². The van der Waals surface area contributed by atoms with Crippen LogP contribution >= 0.6 is 27.5 Å². The average molecular weight is 325 g/mol. The number of halogens is 2. The zero-order chi connectivity index (χ0) is 13.3. The number of aryl methyl sites for hydroxylation is 1. The Morgan fingerprint density at radius 3 is 2.67 bits per heavy atom. The number of benzene rings is 2. The molecule has 0 saturated heterocycles. The molecule has 18 heavy (non-hydrogen) atoms. The first-order chi connectivity index (χ1) is 8.50. The minimum atomic E-state index is -0.107. The van der Waals surface area contributed by atoms with Crippen LogP contribution < -0.4 is 5.73 Å². The molecule has 0 heterocycles. The molecule has 0 aliphatic carbocycles. The number of hydrogen-bond donors (Lipinski definition) is 1. The predicted molar refractivity (Wildman–Crippen MR) is 78.2 cm³/mol. The molecule has 4 heteroatoms. The first-order valence-corrected chi connectivity index (χ1v) is 6.52. The second-order valence-electron chi connectivity index (χ2n) is 4.00. The van der Waals surface area contributed by atoms with Crippen molar-refractivity contribution in [1.29, 1.82) is 0 Å². The highest BCUT2D eigenvalue weighted by Gasteiger charge is 2.14. The van der Waals surface area contributed by atoms with E-state index in [1.165, 1.54) is 0 Å². The second kappa shape index (κ2) is 5.12. The summed E-state index contributed by atoms with van der Waals surface area (Å²) in [4.78, 5) is 12.3. The molecule has 0 radical (unpaired) electrons. The van der Waals surface area contributed by atoms with E-state index in [1.807, 2.05) is 6.92 Å². The molecule has 0 atom stereocenters. The maximum absolute atomic E-state index is 12.3. The van der Waals surface area contributed by atoms with Crippen LogP contribution in [0.3, 0.4) is 0 Å². The molecular formula is C14H11BrClNO. The molecule has 0 spiro atoms. The van der Waals surface area contributed by atoms with Gasteiger partial charge in [0.15, 0.2) is 5.78 Å². The van der Waals surface area contributed by atoms with Crippen LogP contribution in [-0.2, 0) is 0 Å². The molecule has 0 fully saturated rings. The molecule has 2 rings (SSSR count). The Bertz CT molecular complexity index is 625. The Hall–Kier alpha value is -1.32. The zero-order valence-corrected chi connectivity index (χ0v) is 12.0. The van der Waals surface area contributed by atoms with Gasteiger partial charge in [-0.15, -0.1) is 0 Å². The van der Waals surface area contributed by atoms with Crippen molar-refractivity contribution in [3.05, 3.63) is 62.6 Å². The van der Waals surface area contributed by atoms with Crippen LogP contribution in [0.5, 0.6) is 0 Å². The largest absolute Gasteiger partial charge is 0.399 e. The van der Waals surface area contributed by atoms with Crippen LogP contribution in [0, 0.1) is 6.92 Å². The maximum Gasteiger partial charge on any atom is 0.194 e. The van der Waals surface area contributed by atoms with E-state index in [0.29, 0.717) is 26.3 Å². The van der Waals surface area contributed by atoms with Crippen molar-refractivity contribution in [1.82, 2.24) is 0 Å². The molecule has 0 aromatic heterocycles. The number of anilines is 1. The van der Waals surface area contributed by atoms with Crippen LogP contribution in [0.15, 0.2) is 40.9 Å². The summed E-state index contributed by atoms with van der Waals surface area (Å²) < 4.78 is 0.710. The average Bonchev–Trinajstić information content (AvgIpc) is 2.35. The minimum absolute atomic E-state index is 0.107. The Kier molecular flexibility index (Phi) is 3.73. The third kappa shape index (κ3) is 2.42. The number of ketones is 1. The lowest BCUT2D eigenvalue weighted by atomic mass is 10.0. The van der Waals surface area contributed by atoms with Gasteiger partial charge in [-0.25, -0.2) is 0 Å². The monoisotopic (exact) mass is 323 g/mol. The second-order valence-corrected chi connectivity index (χ2v) is 5.23. The van der Waals surface area contributed by atoms with Gasteiger partial charge in [-0.05, 0) is 58.7 Å². The summed E-state index contributed by atoms with van der Waals surface area (Å²) in [7, 11) is 0. The smallest absolute Gasteiger partial charge is 0.194 e. The van der Waals surface area contributed by atoms with E-state index in [2.05, 4.69) is 15.9 Å². The standard InChI is InChI=1S/C14H11BrClNO/c1-8-7-9(5-6-12(8)17)14(18)10-3-2-4-11(15)13(10)16/h2-7H,17H2,1H3. The van der Waals surface area contributed by atoms with Gasteiger partial charge < -0.3 is 5.73 Å². The summed E-state index contributed by atoms with van der Waals surface area (Å²) in [5, 5.41) is 0.428. The van der Waals surface area contributed by atoms with Crippen molar-refractivity contribution in [2.24, 2.45) is 0 Å². The van der Waals surface area contributed by atoms with Crippen molar-refractivity contribution in [3.8, 4) is 0 Å². The van der Waals surface area contributed by atoms with Gasteiger partial charge in [0.1, 0.15) is 0 Å². The summed E-state index contributed by atoms with van der Waals surface area (Å²) in [6, 6.07) is 10.5. The van der Waals surface area contributed by atoms with Gasteiger partial charge >= 0.3 is 0 Å². The van der Waals surface area contributed by atoms with Crippen molar-refractivity contribution in [2.75, 3.05) is 5.73 Å². The van der Waals surface area contributed by atoms with Crippen LogP contribution in [0.25, 0.3) is 0 Å². The van der Waals surface area contributed by atoms with E-state index in [9.17, 15) is 4.79 Å². The van der Waals surface area contributed by atoms with Crippen LogP contribution in [0.4, 0.5) is 5.69 Å². The van der Waals surface area contributed by atoms with Gasteiger partial charge in [-0.1, -0.05) is 17.7 Å². The number of hydrogen-bond acceptors (Lipinski definition) is 2. The predicted octanol–water partition coefficient (Wildman–Crippen LogP) is 4.22. The molecule has 2 aromatic rings. The van der Waals surface area contributed by atoms with Gasteiger partial charge in [0.2, 0.25) is 0 Å².